The Bertz CT molecular complexity index is 298. The number of nitrogens with two attached hydrogens (primary N) is 1. The Balaban J connectivity index is 1.99. The van der Waals surface area contributed by atoms with E-state index in [1.165, 1.54) is 0 Å². The van der Waals surface area contributed by atoms with Crippen LogP contribution in [-0.2, 0) is 4.74 Å². The van der Waals surface area contributed by atoms with Crippen molar-refractivity contribution in [2.24, 2.45) is 0 Å². The Hall–Kier alpha value is -1.29. The fourth-order valence-electron chi connectivity index (χ4n) is 1.46. The quantitative estimate of drug-likeness (QED) is 0.769. The fourth-order valence-corrected chi connectivity index (χ4v) is 1.46. The summed E-state index contributed by atoms with van der Waals surface area (Å²) >= 11 is 0. The van der Waals surface area contributed by atoms with E-state index in [0.29, 0.717) is 11.4 Å². The van der Waals surface area contributed by atoms with Crippen molar-refractivity contribution in [2.75, 3.05) is 18.9 Å². The van der Waals surface area contributed by atoms with Crippen molar-refractivity contribution in [1.82, 2.24) is 4.98 Å². The van der Waals surface area contributed by atoms with Crippen LogP contribution in [0.4, 0.5) is 5.69 Å². The van der Waals surface area contributed by atoms with E-state index in [1.54, 1.807) is 18.5 Å². The molecule has 1 aliphatic rings. The minimum atomic E-state index is 0.218. The van der Waals surface area contributed by atoms with E-state index in [4.69, 9.17) is 15.2 Å². The van der Waals surface area contributed by atoms with Crippen LogP contribution < -0.4 is 10.5 Å². The molecule has 76 valence electrons. The monoisotopic (exact) mass is 194 g/mol. The molecule has 1 fully saturated rings. The minimum Gasteiger partial charge on any atom is -0.486 e. The third-order valence-corrected chi connectivity index (χ3v) is 2.28. The maximum absolute atomic E-state index is 5.74. The van der Waals surface area contributed by atoms with Gasteiger partial charge in [-0.15, -0.1) is 0 Å². The maximum Gasteiger partial charge on any atom is 0.160 e. The van der Waals surface area contributed by atoms with Crippen LogP contribution in [-0.4, -0.2) is 24.3 Å². The van der Waals surface area contributed by atoms with Crippen molar-refractivity contribution < 1.29 is 9.47 Å². The third kappa shape index (κ3) is 2.14. The van der Waals surface area contributed by atoms with Gasteiger partial charge < -0.3 is 15.2 Å². The molecule has 0 radical (unpaired) electrons. The van der Waals surface area contributed by atoms with Crippen molar-refractivity contribution in [3.8, 4) is 5.75 Å². The summed E-state index contributed by atoms with van der Waals surface area (Å²) in [6.07, 6.45) is 5.38. The van der Waals surface area contributed by atoms with Crippen LogP contribution in [0.15, 0.2) is 18.5 Å². The summed E-state index contributed by atoms with van der Waals surface area (Å²) in [6, 6.07) is 1.74. The highest BCUT2D eigenvalue weighted by molar-refractivity contribution is 5.49. The highest BCUT2D eigenvalue weighted by atomic mass is 16.5. The second-order valence-corrected chi connectivity index (χ2v) is 3.34. The number of ether oxygens (including phenoxy) is 2. The molecule has 1 aromatic heterocycles. The van der Waals surface area contributed by atoms with Crippen LogP contribution in [0.2, 0.25) is 0 Å². The van der Waals surface area contributed by atoms with Crippen LogP contribution in [0.1, 0.15) is 12.8 Å². The van der Waals surface area contributed by atoms with Gasteiger partial charge in [0.05, 0.1) is 25.1 Å². The molecule has 0 unspecified atom stereocenters. The van der Waals surface area contributed by atoms with Gasteiger partial charge >= 0.3 is 0 Å². The van der Waals surface area contributed by atoms with Crippen LogP contribution in [0.5, 0.6) is 5.75 Å². The van der Waals surface area contributed by atoms with E-state index in [2.05, 4.69) is 4.98 Å². The second kappa shape index (κ2) is 4.28. The van der Waals surface area contributed by atoms with E-state index < -0.39 is 0 Å². The molecule has 0 bridgehead atoms. The topological polar surface area (TPSA) is 57.4 Å². The average Bonchev–Trinajstić information content (AvgIpc) is 2.23. The minimum absolute atomic E-state index is 0.218. The molecular weight excluding hydrogens is 180 g/mol. The highest BCUT2D eigenvalue weighted by Crippen LogP contribution is 2.22. The molecule has 4 heteroatoms. The van der Waals surface area contributed by atoms with Crippen molar-refractivity contribution >= 4 is 5.69 Å². The van der Waals surface area contributed by atoms with E-state index in [1.807, 2.05) is 0 Å². The maximum atomic E-state index is 5.74. The second-order valence-electron chi connectivity index (χ2n) is 3.34. The van der Waals surface area contributed by atoms with Crippen molar-refractivity contribution in [2.45, 2.75) is 18.9 Å². The first kappa shape index (κ1) is 9.27. The first-order chi connectivity index (χ1) is 6.86. The molecule has 2 rings (SSSR count). The zero-order valence-corrected chi connectivity index (χ0v) is 7.98. The molecule has 0 amide bonds. The zero-order valence-electron chi connectivity index (χ0n) is 7.98. The lowest BCUT2D eigenvalue weighted by Gasteiger charge is -2.23. The van der Waals surface area contributed by atoms with Crippen LogP contribution in [0.3, 0.4) is 0 Å². The number of hydrogen-bond acceptors (Lipinski definition) is 4. The van der Waals surface area contributed by atoms with Crippen molar-refractivity contribution in [3.63, 3.8) is 0 Å². The number of hydrogen-bond donors (Lipinski definition) is 1. The van der Waals surface area contributed by atoms with Gasteiger partial charge in [-0.05, 0) is 6.07 Å². The van der Waals surface area contributed by atoms with Gasteiger partial charge in [-0.3, -0.25) is 4.98 Å². The lowest BCUT2D eigenvalue weighted by Crippen LogP contribution is -2.26. The Labute approximate surface area is 83.0 Å². The van der Waals surface area contributed by atoms with Gasteiger partial charge in [-0.1, -0.05) is 0 Å². The largest absolute Gasteiger partial charge is 0.486 e. The van der Waals surface area contributed by atoms with Gasteiger partial charge in [0.15, 0.2) is 5.75 Å². The Kier molecular flexibility index (Phi) is 2.84. The number of rotatable bonds is 2. The number of nitrogen functional groups attached to an aromatic ring is 1. The molecular formula is C10H14N2O2. The van der Waals surface area contributed by atoms with Gasteiger partial charge in [-0.2, -0.15) is 0 Å². The average molecular weight is 194 g/mol. The first-order valence-electron chi connectivity index (χ1n) is 4.80. The highest BCUT2D eigenvalue weighted by Gasteiger charge is 2.16. The lowest BCUT2D eigenvalue weighted by molar-refractivity contribution is 0.0257. The summed E-state index contributed by atoms with van der Waals surface area (Å²) in [6.45, 7) is 1.54. The molecule has 0 spiro atoms. The Morgan fingerprint density at radius 2 is 2.21 bits per heavy atom. The summed E-state index contributed by atoms with van der Waals surface area (Å²) in [4.78, 5) is 3.97. The van der Waals surface area contributed by atoms with Crippen LogP contribution in [0.25, 0.3) is 0 Å². The molecule has 0 aromatic carbocycles. The molecule has 0 saturated carbocycles. The molecule has 4 nitrogen and oxygen atoms in total. The number of aromatic nitrogens is 1. The third-order valence-electron chi connectivity index (χ3n) is 2.28. The SMILES string of the molecule is Nc1ccncc1OC1CCOCC1. The molecule has 0 aliphatic carbocycles. The predicted molar refractivity (Wildman–Crippen MR) is 53.1 cm³/mol. The Morgan fingerprint density at radius 3 is 2.93 bits per heavy atom. The summed E-state index contributed by atoms with van der Waals surface area (Å²) in [5, 5.41) is 0. The van der Waals surface area contributed by atoms with Gasteiger partial charge in [0.2, 0.25) is 0 Å². The van der Waals surface area contributed by atoms with Gasteiger partial charge in [0, 0.05) is 19.0 Å². The summed E-state index contributed by atoms with van der Waals surface area (Å²) in [5.41, 5.74) is 6.39. The zero-order chi connectivity index (χ0) is 9.80. The van der Waals surface area contributed by atoms with Crippen molar-refractivity contribution in [1.29, 1.82) is 0 Å². The number of pyridine rings is 1. The molecule has 0 atom stereocenters. The van der Waals surface area contributed by atoms with Gasteiger partial charge in [0.25, 0.3) is 0 Å². The van der Waals surface area contributed by atoms with Crippen LogP contribution >= 0.6 is 0 Å². The summed E-state index contributed by atoms with van der Waals surface area (Å²) in [7, 11) is 0. The fraction of sp³-hybridized carbons (Fsp3) is 0.500. The standard InChI is InChI=1S/C10H14N2O2/c11-9-1-4-12-7-10(9)14-8-2-5-13-6-3-8/h1,4,7-8H,2-3,5-6H2,(H2,11,12). The molecule has 2 heterocycles. The summed E-state index contributed by atoms with van der Waals surface area (Å²) in [5.74, 6) is 0.680. The smallest absolute Gasteiger partial charge is 0.160 e. The number of nitrogens with zero attached hydrogens (tertiary/aromatic N) is 1. The van der Waals surface area contributed by atoms with E-state index in [-0.39, 0.29) is 6.10 Å². The molecule has 1 saturated heterocycles. The van der Waals surface area contributed by atoms with Gasteiger partial charge in [-0.25, -0.2) is 0 Å². The number of anilines is 1. The van der Waals surface area contributed by atoms with E-state index in [0.717, 1.165) is 26.1 Å². The normalized spacial score (nSPS) is 18.0. The lowest BCUT2D eigenvalue weighted by atomic mass is 10.1. The summed E-state index contributed by atoms with van der Waals surface area (Å²) < 4.78 is 11.0. The van der Waals surface area contributed by atoms with Crippen molar-refractivity contribution in [3.05, 3.63) is 18.5 Å². The molecule has 14 heavy (non-hydrogen) atoms. The van der Waals surface area contributed by atoms with E-state index >= 15 is 0 Å². The van der Waals surface area contributed by atoms with E-state index in [9.17, 15) is 0 Å². The molecule has 1 aliphatic heterocycles. The van der Waals surface area contributed by atoms with Crippen LogP contribution in [0, 0.1) is 0 Å². The molecule has 2 N–H and O–H groups in total. The van der Waals surface area contributed by atoms with Gasteiger partial charge in [0.1, 0.15) is 6.10 Å². The first-order valence-corrected chi connectivity index (χ1v) is 4.80. The molecule has 1 aromatic rings. The Morgan fingerprint density at radius 1 is 1.43 bits per heavy atom. The predicted octanol–water partition coefficient (Wildman–Crippen LogP) is 1.22.